The minimum absolute atomic E-state index is 0.410. The first-order valence-corrected chi connectivity index (χ1v) is 9.99. The minimum Gasteiger partial charge on any atom is -0.283 e. The van der Waals surface area contributed by atoms with Gasteiger partial charge in [0.2, 0.25) is 10.0 Å². The number of rotatable bonds is 3. The molecule has 0 unspecified atom stereocenters. The second-order valence-electron chi connectivity index (χ2n) is 5.75. The van der Waals surface area contributed by atoms with Crippen molar-refractivity contribution in [3.63, 3.8) is 0 Å². The summed E-state index contributed by atoms with van der Waals surface area (Å²) in [5.41, 5.74) is 1.41. The van der Waals surface area contributed by atoms with Gasteiger partial charge in [-0.3, -0.25) is 4.72 Å². The molecule has 26 heavy (non-hydrogen) atoms. The molecule has 0 aliphatic carbocycles. The summed E-state index contributed by atoms with van der Waals surface area (Å²) in [6, 6.07) is 7.89. The number of sulfonamides is 1. The number of hydrogen-bond donors (Lipinski definition) is 1. The van der Waals surface area contributed by atoms with E-state index in [1.807, 2.05) is 0 Å². The van der Waals surface area contributed by atoms with Crippen molar-refractivity contribution >= 4 is 42.5 Å². The highest BCUT2D eigenvalue weighted by Gasteiger charge is 2.30. The molecule has 0 aliphatic rings. The predicted octanol–water partition coefficient (Wildman–Crippen LogP) is 4.49. The van der Waals surface area contributed by atoms with E-state index in [1.165, 1.54) is 16.8 Å². The van der Waals surface area contributed by atoms with Crippen LogP contribution in [0.3, 0.4) is 0 Å². The van der Waals surface area contributed by atoms with Crippen LogP contribution in [0.1, 0.15) is 11.1 Å². The lowest BCUT2D eigenvalue weighted by Gasteiger charge is -2.10. The van der Waals surface area contributed by atoms with Crippen molar-refractivity contribution < 1.29 is 21.6 Å². The first-order chi connectivity index (χ1) is 12.0. The number of benzene rings is 2. The normalized spacial score (nSPS) is 12.5. The van der Waals surface area contributed by atoms with Crippen LogP contribution in [0.2, 0.25) is 0 Å². The third-order valence-electron chi connectivity index (χ3n) is 3.80. The van der Waals surface area contributed by atoms with Crippen LogP contribution in [0, 0.1) is 6.92 Å². The summed E-state index contributed by atoms with van der Waals surface area (Å²) in [5, 5.41) is 4.99. The molecule has 0 saturated heterocycles. The fourth-order valence-corrected chi connectivity index (χ4v) is 3.90. The smallest absolute Gasteiger partial charge is 0.283 e. The Morgan fingerprint density at radius 2 is 1.73 bits per heavy atom. The van der Waals surface area contributed by atoms with E-state index in [4.69, 9.17) is 0 Å². The second-order valence-corrected chi connectivity index (χ2v) is 8.25. The summed E-state index contributed by atoms with van der Waals surface area (Å²) in [6.45, 7) is 1.74. The van der Waals surface area contributed by atoms with Crippen LogP contribution >= 0.6 is 15.9 Å². The van der Waals surface area contributed by atoms with Gasteiger partial charge in [0.25, 0.3) is 0 Å². The van der Waals surface area contributed by atoms with Gasteiger partial charge in [0.15, 0.2) is 0 Å². The van der Waals surface area contributed by atoms with Gasteiger partial charge in [0.1, 0.15) is 4.60 Å². The van der Waals surface area contributed by atoms with Crippen LogP contribution in [0.5, 0.6) is 0 Å². The SMILES string of the molecule is Cc1c(NS(C)(=O)=O)ccc2c1c(Br)nn2-c1ccc(C(F)(F)F)cc1. The van der Waals surface area contributed by atoms with Crippen LogP contribution in [-0.2, 0) is 16.2 Å². The first kappa shape index (κ1) is 18.7. The number of aryl methyl sites for hydroxylation is 1. The van der Waals surface area contributed by atoms with Gasteiger partial charge >= 0.3 is 6.18 Å². The molecule has 0 aliphatic heterocycles. The van der Waals surface area contributed by atoms with Crippen LogP contribution in [-0.4, -0.2) is 24.5 Å². The lowest BCUT2D eigenvalue weighted by atomic mass is 10.1. The van der Waals surface area contributed by atoms with Gasteiger partial charge in [-0.05, 0) is 64.8 Å². The Balaban J connectivity index is 2.13. The average molecular weight is 448 g/mol. The van der Waals surface area contributed by atoms with E-state index >= 15 is 0 Å². The fraction of sp³-hybridized carbons (Fsp3) is 0.188. The molecule has 1 heterocycles. The lowest BCUT2D eigenvalue weighted by molar-refractivity contribution is -0.137. The molecule has 10 heteroatoms. The molecule has 0 amide bonds. The summed E-state index contributed by atoms with van der Waals surface area (Å²) in [4.78, 5) is 0. The van der Waals surface area contributed by atoms with Gasteiger partial charge in [-0.15, -0.1) is 0 Å². The van der Waals surface area contributed by atoms with E-state index in [-0.39, 0.29) is 0 Å². The lowest BCUT2D eigenvalue weighted by Crippen LogP contribution is -2.10. The molecule has 0 spiro atoms. The van der Waals surface area contributed by atoms with Crippen molar-refractivity contribution in [3.05, 3.63) is 52.1 Å². The van der Waals surface area contributed by atoms with E-state index in [0.29, 0.717) is 32.4 Å². The number of halogens is 4. The summed E-state index contributed by atoms with van der Waals surface area (Å²) < 4.78 is 65.5. The number of aromatic nitrogens is 2. The Labute approximate surface area is 156 Å². The van der Waals surface area contributed by atoms with Crippen molar-refractivity contribution in [2.45, 2.75) is 13.1 Å². The number of hydrogen-bond acceptors (Lipinski definition) is 3. The minimum atomic E-state index is -4.41. The molecule has 3 rings (SSSR count). The summed E-state index contributed by atoms with van der Waals surface area (Å²) in [5.74, 6) is 0. The van der Waals surface area contributed by atoms with E-state index in [1.54, 1.807) is 19.1 Å². The van der Waals surface area contributed by atoms with Crippen molar-refractivity contribution in [1.29, 1.82) is 0 Å². The zero-order chi connectivity index (χ0) is 19.3. The predicted molar refractivity (Wildman–Crippen MR) is 97.0 cm³/mol. The van der Waals surface area contributed by atoms with Gasteiger partial charge in [0.05, 0.1) is 28.7 Å². The Kier molecular flexibility index (Phi) is 4.51. The highest BCUT2D eigenvalue weighted by atomic mass is 79.9. The maximum Gasteiger partial charge on any atom is 0.416 e. The van der Waals surface area contributed by atoms with Gasteiger partial charge in [-0.2, -0.15) is 18.3 Å². The maximum atomic E-state index is 12.7. The largest absolute Gasteiger partial charge is 0.416 e. The summed E-state index contributed by atoms with van der Waals surface area (Å²) >= 11 is 3.34. The van der Waals surface area contributed by atoms with Gasteiger partial charge < -0.3 is 0 Å². The molecule has 138 valence electrons. The summed E-state index contributed by atoms with van der Waals surface area (Å²) in [7, 11) is -3.44. The molecule has 0 radical (unpaired) electrons. The Morgan fingerprint density at radius 1 is 1.12 bits per heavy atom. The number of anilines is 1. The number of alkyl halides is 3. The van der Waals surface area contributed by atoms with Gasteiger partial charge in [0, 0.05) is 5.39 Å². The van der Waals surface area contributed by atoms with Gasteiger partial charge in [-0.25, -0.2) is 13.1 Å². The first-order valence-electron chi connectivity index (χ1n) is 7.30. The highest BCUT2D eigenvalue weighted by Crippen LogP contribution is 2.34. The van der Waals surface area contributed by atoms with Crippen molar-refractivity contribution in [3.8, 4) is 5.69 Å². The molecule has 1 N–H and O–H groups in total. The maximum absolute atomic E-state index is 12.7. The third-order valence-corrected chi connectivity index (χ3v) is 4.95. The van der Waals surface area contributed by atoms with Gasteiger partial charge in [-0.1, -0.05) is 0 Å². The van der Waals surface area contributed by atoms with Crippen LogP contribution < -0.4 is 4.72 Å². The Morgan fingerprint density at radius 3 is 2.27 bits per heavy atom. The molecule has 3 aromatic rings. The molecule has 0 atom stereocenters. The van der Waals surface area contributed by atoms with Crippen LogP contribution in [0.15, 0.2) is 41.0 Å². The Hall–Kier alpha value is -2.07. The van der Waals surface area contributed by atoms with Crippen molar-refractivity contribution in [2.75, 3.05) is 11.0 Å². The molecule has 0 saturated carbocycles. The van der Waals surface area contributed by atoms with Crippen LogP contribution in [0.25, 0.3) is 16.6 Å². The fourth-order valence-electron chi connectivity index (χ4n) is 2.62. The van der Waals surface area contributed by atoms with Crippen molar-refractivity contribution in [2.24, 2.45) is 0 Å². The molecule has 2 aromatic carbocycles. The standard InChI is InChI=1S/C16H13BrF3N3O2S/c1-9-12(22-26(2,24)25)7-8-13-14(9)15(17)21-23(13)11-5-3-10(4-6-11)16(18,19)20/h3-8,22H,1-2H3. The molecule has 0 fully saturated rings. The average Bonchev–Trinajstić information content (AvgIpc) is 2.86. The summed E-state index contributed by atoms with van der Waals surface area (Å²) in [6.07, 6.45) is -3.36. The number of nitrogens with zero attached hydrogens (tertiary/aromatic N) is 2. The number of fused-ring (bicyclic) bond motifs is 1. The van der Waals surface area contributed by atoms with Crippen LogP contribution in [0.4, 0.5) is 18.9 Å². The van der Waals surface area contributed by atoms with E-state index in [0.717, 1.165) is 18.4 Å². The zero-order valence-electron chi connectivity index (χ0n) is 13.6. The molecular formula is C16H13BrF3N3O2S. The Bertz CT molecular complexity index is 1090. The second kappa shape index (κ2) is 6.27. The molecular weight excluding hydrogens is 435 g/mol. The number of nitrogens with one attached hydrogen (secondary N) is 1. The highest BCUT2D eigenvalue weighted by molar-refractivity contribution is 9.10. The molecule has 1 aromatic heterocycles. The van der Waals surface area contributed by atoms with E-state index < -0.39 is 21.8 Å². The topological polar surface area (TPSA) is 64.0 Å². The third kappa shape index (κ3) is 3.56. The van der Waals surface area contributed by atoms with Crippen molar-refractivity contribution in [1.82, 2.24) is 9.78 Å². The molecule has 5 nitrogen and oxygen atoms in total. The van der Waals surface area contributed by atoms with E-state index in [9.17, 15) is 21.6 Å². The quantitative estimate of drug-likeness (QED) is 0.643. The monoisotopic (exact) mass is 447 g/mol. The zero-order valence-corrected chi connectivity index (χ0v) is 16.0. The molecule has 0 bridgehead atoms. The van der Waals surface area contributed by atoms with E-state index in [2.05, 4.69) is 25.8 Å².